The van der Waals surface area contributed by atoms with Crippen LogP contribution in [0.5, 0.6) is 0 Å². The maximum Gasteiger partial charge on any atom is 0.389 e. The van der Waals surface area contributed by atoms with E-state index in [0.717, 1.165) is 0 Å². The van der Waals surface area contributed by atoms with Crippen LogP contribution in [0.3, 0.4) is 0 Å². The molecule has 0 unspecified atom stereocenters. The van der Waals surface area contributed by atoms with Gasteiger partial charge in [-0.2, -0.15) is 13.2 Å². The molecule has 0 saturated carbocycles. The average Bonchev–Trinajstić information content (AvgIpc) is 1.85. The number of halogens is 3. The lowest BCUT2D eigenvalue weighted by Crippen LogP contribution is -2.21. The van der Waals surface area contributed by atoms with Crippen LogP contribution in [0.25, 0.3) is 0 Å². The summed E-state index contributed by atoms with van der Waals surface area (Å²) in [5, 5.41) is 2.88. The monoisotopic (exact) mass is 169 g/mol. The smallest absolute Gasteiger partial charge is 0.317 e. The van der Waals surface area contributed by atoms with Gasteiger partial charge in [0.05, 0.1) is 0 Å². The first kappa shape index (κ1) is 10.8. The van der Waals surface area contributed by atoms with Gasteiger partial charge in [0.1, 0.15) is 0 Å². The third kappa shape index (κ3) is 7.65. The molecule has 0 aliphatic heterocycles. The van der Waals surface area contributed by atoms with Crippen molar-refractivity contribution < 1.29 is 13.2 Å². The SMILES string of the molecule is CN[C@H](C)CCCC(F)(F)F. The molecule has 0 heterocycles. The first-order valence-corrected chi connectivity index (χ1v) is 3.69. The number of nitrogens with one attached hydrogen (secondary N) is 1. The highest BCUT2D eigenvalue weighted by atomic mass is 19.4. The lowest BCUT2D eigenvalue weighted by Gasteiger charge is -2.10. The number of hydrogen-bond acceptors (Lipinski definition) is 1. The predicted octanol–water partition coefficient (Wildman–Crippen LogP) is 2.33. The van der Waals surface area contributed by atoms with E-state index >= 15 is 0 Å². The molecule has 1 N–H and O–H groups in total. The number of alkyl halides is 3. The topological polar surface area (TPSA) is 12.0 Å². The van der Waals surface area contributed by atoms with Gasteiger partial charge < -0.3 is 5.32 Å². The zero-order chi connectivity index (χ0) is 8.91. The van der Waals surface area contributed by atoms with Crippen LogP contribution in [0, 0.1) is 0 Å². The molecule has 0 aliphatic carbocycles. The van der Waals surface area contributed by atoms with Crippen LogP contribution < -0.4 is 5.32 Å². The standard InChI is InChI=1S/C7H14F3N/c1-6(11-2)4-3-5-7(8,9)10/h6,11H,3-5H2,1-2H3/t6-/m1/s1. The number of hydrogen-bond donors (Lipinski definition) is 1. The Morgan fingerprint density at radius 1 is 1.36 bits per heavy atom. The molecule has 0 aromatic carbocycles. The Hall–Kier alpha value is -0.250. The second-order valence-corrected chi connectivity index (χ2v) is 2.70. The molecule has 68 valence electrons. The van der Waals surface area contributed by atoms with Crippen molar-refractivity contribution >= 4 is 0 Å². The minimum Gasteiger partial charge on any atom is -0.317 e. The van der Waals surface area contributed by atoms with Gasteiger partial charge in [-0.25, -0.2) is 0 Å². The van der Waals surface area contributed by atoms with E-state index in [1.165, 1.54) is 0 Å². The molecule has 0 spiro atoms. The van der Waals surface area contributed by atoms with Gasteiger partial charge >= 0.3 is 6.18 Å². The Morgan fingerprint density at radius 2 is 1.91 bits per heavy atom. The maximum atomic E-state index is 11.6. The van der Waals surface area contributed by atoms with Gasteiger partial charge in [-0.05, 0) is 26.8 Å². The summed E-state index contributed by atoms with van der Waals surface area (Å²) < 4.78 is 34.8. The molecule has 0 aromatic heterocycles. The van der Waals surface area contributed by atoms with Crippen molar-refractivity contribution in [1.82, 2.24) is 5.32 Å². The summed E-state index contributed by atoms with van der Waals surface area (Å²) >= 11 is 0. The second-order valence-electron chi connectivity index (χ2n) is 2.70. The molecule has 0 bridgehead atoms. The summed E-state index contributed by atoms with van der Waals surface area (Å²) in [7, 11) is 1.75. The fourth-order valence-corrected chi connectivity index (χ4v) is 0.753. The fourth-order valence-electron chi connectivity index (χ4n) is 0.753. The van der Waals surface area contributed by atoms with Crippen molar-refractivity contribution in [3.8, 4) is 0 Å². The van der Waals surface area contributed by atoms with Gasteiger partial charge in [-0.1, -0.05) is 0 Å². The molecular weight excluding hydrogens is 155 g/mol. The molecule has 0 rings (SSSR count). The molecule has 0 saturated heterocycles. The van der Waals surface area contributed by atoms with E-state index < -0.39 is 12.6 Å². The van der Waals surface area contributed by atoms with Crippen molar-refractivity contribution in [2.45, 2.75) is 38.4 Å². The second kappa shape index (κ2) is 4.59. The van der Waals surface area contributed by atoms with Gasteiger partial charge in [-0.15, -0.1) is 0 Å². The zero-order valence-electron chi connectivity index (χ0n) is 6.83. The van der Waals surface area contributed by atoms with Crippen molar-refractivity contribution in [3.05, 3.63) is 0 Å². The van der Waals surface area contributed by atoms with Crippen molar-refractivity contribution in [2.24, 2.45) is 0 Å². The van der Waals surface area contributed by atoms with Crippen LogP contribution >= 0.6 is 0 Å². The molecule has 4 heteroatoms. The highest BCUT2D eigenvalue weighted by Crippen LogP contribution is 2.22. The summed E-state index contributed by atoms with van der Waals surface area (Å²) in [6, 6.07) is 0.178. The highest BCUT2D eigenvalue weighted by Gasteiger charge is 2.26. The minimum absolute atomic E-state index is 0.178. The summed E-state index contributed by atoms with van der Waals surface area (Å²) in [4.78, 5) is 0. The van der Waals surface area contributed by atoms with Crippen LogP contribution in [0.1, 0.15) is 26.2 Å². The fraction of sp³-hybridized carbons (Fsp3) is 1.00. The Kier molecular flexibility index (Phi) is 4.49. The van der Waals surface area contributed by atoms with E-state index in [-0.39, 0.29) is 12.5 Å². The van der Waals surface area contributed by atoms with E-state index in [0.29, 0.717) is 6.42 Å². The van der Waals surface area contributed by atoms with Crippen LogP contribution in [0.2, 0.25) is 0 Å². The Labute approximate surface area is 65.0 Å². The van der Waals surface area contributed by atoms with Crippen LogP contribution in [0.4, 0.5) is 13.2 Å². The predicted molar refractivity (Wildman–Crippen MR) is 38.4 cm³/mol. The van der Waals surface area contributed by atoms with Gasteiger partial charge in [0.2, 0.25) is 0 Å². The summed E-state index contributed by atoms with van der Waals surface area (Å²) in [5.41, 5.74) is 0. The van der Waals surface area contributed by atoms with Crippen molar-refractivity contribution in [3.63, 3.8) is 0 Å². The molecule has 0 fully saturated rings. The minimum atomic E-state index is -3.99. The Balaban J connectivity index is 3.28. The normalized spacial score (nSPS) is 15.0. The average molecular weight is 169 g/mol. The Morgan fingerprint density at radius 3 is 2.27 bits per heavy atom. The molecule has 0 amide bonds. The van der Waals surface area contributed by atoms with E-state index in [4.69, 9.17) is 0 Å². The van der Waals surface area contributed by atoms with Crippen LogP contribution in [-0.2, 0) is 0 Å². The summed E-state index contributed by atoms with van der Waals surface area (Å²) in [6.07, 6.45) is -3.87. The molecule has 1 nitrogen and oxygen atoms in total. The summed E-state index contributed by atoms with van der Waals surface area (Å²) in [6.45, 7) is 1.87. The molecule has 0 radical (unpaired) electrons. The molecular formula is C7H14F3N. The lowest BCUT2D eigenvalue weighted by atomic mass is 10.1. The van der Waals surface area contributed by atoms with Crippen molar-refractivity contribution in [1.29, 1.82) is 0 Å². The zero-order valence-corrected chi connectivity index (χ0v) is 6.83. The van der Waals surface area contributed by atoms with Gasteiger partial charge in [0, 0.05) is 12.5 Å². The molecule has 0 aliphatic rings. The van der Waals surface area contributed by atoms with Crippen molar-refractivity contribution in [2.75, 3.05) is 7.05 Å². The first-order chi connectivity index (χ1) is 4.95. The van der Waals surface area contributed by atoms with E-state index in [1.54, 1.807) is 7.05 Å². The maximum absolute atomic E-state index is 11.6. The highest BCUT2D eigenvalue weighted by molar-refractivity contribution is 4.59. The van der Waals surface area contributed by atoms with Gasteiger partial charge in [0.25, 0.3) is 0 Å². The summed E-state index contributed by atoms with van der Waals surface area (Å²) in [5.74, 6) is 0. The van der Waals surface area contributed by atoms with E-state index in [2.05, 4.69) is 5.32 Å². The molecule has 0 aromatic rings. The van der Waals surface area contributed by atoms with Gasteiger partial charge in [-0.3, -0.25) is 0 Å². The quantitative estimate of drug-likeness (QED) is 0.681. The third-order valence-corrected chi connectivity index (χ3v) is 1.59. The lowest BCUT2D eigenvalue weighted by molar-refractivity contribution is -0.135. The largest absolute Gasteiger partial charge is 0.389 e. The van der Waals surface area contributed by atoms with E-state index in [1.807, 2.05) is 6.92 Å². The number of rotatable bonds is 4. The van der Waals surface area contributed by atoms with Crippen LogP contribution in [-0.4, -0.2) is 19.3 Å². The van der Waals surface area contributed by atoms with E-state index in [9.17, 15) is 13.2 Å². The van der Waals surface area contributed by atoms with Gasteiger partial charge in [0.15, 0.2) is 0 Å². The Bertz CT molecular complexity index is 100. The molecule has 1 atom stereocenters. The first-order valence-electron chi connectivity index (χ1n) is 3.69. The third-order valence-electron chi connectivity index (χ3n) is 1.59. The van der Waals surface area contributed by atoms with Crippen LogP contribution in [0.15, 0.2) is 0 Å². The molecule has 11 heavy (non-hydrogen) atoms.